The first-order valence-corrected chi connectivity index (χ1v) is 8.50. The van der Waals surface area contributed by atoms with Crippen molar-refractivity contribution < 1.29 is 18.3 Å². The van der Waals surface area contributed by atoms with Crippen LogP contribution in [0.1, 0.15) is 39.0 Å². The molecule has 2 aliphatic heterocycles. The fraction of sp³-hybridized carbons (Fsp3) is 0.917. The highest BCUT2D eigenvalue weighted by Crippen LogP contribution is 2.31. The lowest BCUT2D eigenvalue weighted by Crippen LogP contribution is -2.51. The number of fused-ring (bicyclic) bond motifs is 2. The van der Waals surface area contributed by atoms with Gasteiger partial charge in [0.15, 0.2) is 5.75 Å². The van der Waals surface area contributed by atoms with Gasteiger partial charge in [-0.3, -0.25) is 4.79 Å². The number of carboxylic acid groups (broad SMARTS) is 1. The van der Waals surface area contributed by atoms with Gasteiger partial charge in [0, 0.05) is 24.7 Å². The van der Waals surface area contributed by atoms with E-state index < -0.39 is 21.7 Å². The zero-order valence-corrected chi connectivity index (χ0v) is 12.0. The molecule has 110 valence electrons. The number of rotatable bonds is 6. The second-order valence-corrected chi connectivity index (χ2v) is 7.45. The number of hydrogen-bond acceptors (Lipinski definition) is 4. The smallest absolute Gasteiger partial charge is 0.320 e. The second-order valence-electron chi connectivity index (χ2n) is 5.52. The Kier molecular flexibility index (Phi) is 4.47. The third kappa shape index (κ3) is 3.46. The maximum Gasteiger partial charge on any atom is 0.320 e. The molecule has 0 aromatic carbocycles. The average Bonchev–Trinajstić information content (AvgIpc) is 2.63. The Morgan fingerprint density at radius 2 is 1.89 bits per heavy atom. The topological polar surface area (TPSA) is 86.7 Å². The molecular weight excluding hydrogens is 268 g/mol. The van der Waals surface area contributed by atoms with Gasteiger partial charge in [-0.1, -0.05) is 6.92 Å². The minimum Gasteiger partial charge on any atom is -0.480 e. The summed E-state index contributed by atoms with van der Waals surface area (Å²) in [6.45, 7) is 2.33. The number of nitrogens with one attached hydrogen (secondary N) is 1. The molecule has 0 aromatic rings. The highest BCUT2D eigenvalue weighted by atomic mass is 32.2. The molecule has 0 spiro atoms. The Labute approximate surface area is 114 Å². The molecule has 19 heavy (non-hydrogen) atoms. The SMILES string of the molecule is CCCN(C1CC2CCC(C1)N2)S(=O)(=O)CC(=O)O. The van der Waals surface area contributed by atoms with Gasteiger partial charge in [0.1, 0.15) is 0 Å². The van der Waals surface area contributed by atoms with E-state index in [1.165, 1.54) is 4.31 Å². The van der Waals surface area contributed by atoms with Crippen LogP contribution in [0.4, 0.5) is 0 Å². The summed E-state index contributed by atoms with van der Waals surface area (Å²) in [5.74, 6) is -2.08. The summed E-state index contributed by atoms with van der Waals surface area (Å²) in [4.78, 5) is 10.7. The van der Waals surface area contributed by atoms with Crippen molar-refractivity contribution in [2.75, 3.05) is 12.3 Å². The van der Waals surface area contributed by atoms with E-state index in [-0.39, 0.29) is 6.04 Å². The summed E-state index contributed by atoms with van der Waals surface area (Å²) in [6, 6.07) is 0.745. The molecule has 2 rings (SSSR count). The van der Waals surface area contributed by atoms with Gasteiger partial charge in [0.25, 0.3) is 0 Å². The van der Waals surface area contributed by atoms with Crippen LogP contribution in [0.5, 0.6) is 0 Å². The Balaban J connectivity index is 2.13. The molecule has 2 N–H and O–H groups in total. The van der Waals surface area contributed by atoms with Crippen LogP contribution in [0.25, 0.3) is 0 Å². The van der Waals surface area contributed by atoms with Crippen molar-refractivity contribution >= 4 is 16.0 Å². The zero-order chi connectivity index (χ0) is 14.0. The minimum absolute atomic E-state index is 0.0388. The van der Waals surface area contributed by atoms with E-state index in [0.717, 1.165) is 25.7 Å². The lowest BCUT2D eigenvalue weighted by atomic mass is 10.00. The summed E-state index contributed by atoms with van der Waals surface area (Å²) < 4.78 is 25.8. The highest BCUT2D eigenvalue weighted by molar-refractivity contribution is 7.89. The Hall–Kier alpha value is -0.660. The van der Waals surface area contributed by atoms with Crippen molar-refractivity contribution in [1.29, 1.82) is 0 Å². The van der Waals surface area contributed by atoms with Gasteiger partial charge in [-0.2, -0.15) is 4.31 Å². The third-order valence-electron chi connectivity index (χ3n) is 3.96. The van der Waals surface area contributed by atoms with E-state index in [2.05, 4.69) is 5.32 Å². The summed E-state index contributed by atoms with van der Waals surface area (Å²) in [5, 5.41) is 12.2. The molecule has 0 saturated carbocycles. The van der Waals surface area contributed by atoms with Crippen molar-refractivity contribution in [3.05, 3.63) is 0 Å². The molecule has 0 aliphatic carbocycles. The van der Waals surface area contributed by atoms with Crippen LogP contribution in [0.2, 0.25) is 0 Å². The number of aliphatic carboxylic acids is 1. The predicted molar refractivity (Wildman–Crippen MR) is 71.4 cm³/mol. The molecule has 2 atom stereocenters. The van der Waals surface area contributed by atoms with Gasteiger partial charge < -0.3 is 10.4 Å². The van der Waals surface area contributed by atoms with Crippen LogP contribution in [0.15, 0.2) is 0 Å². The first-order chi connectivity index (χ1) is 8.92. The Morgan fingerprint density at radius 1 is 1.32 bits per heavy atom. The third-order valence-corrected chi connectivity index (χ3v) is 5.77. The lowest BCUT2D eigenvalue weighted by molar-refractivity contribution is -0.134. The van der Waals surface area contributed by atoms with E-state index in [0.29, 0.717) is 25.0 Å². The Morgan fingerprint density at radius 3 is 2.37 bits per heavy atom. The van der Waals surface area contributed by atoms with Crippen LogP contribution < -0.4 is 5.32 Å². The molecule has 2 unspecified atom stereocenters. The summed E-state index contributed by atoms with van der Waals surface area (Å²) in [7, 11) is -3.70. The van der Waals surface area contributed by atoms with Gasteiger partial charge in [-0.25, -0.2) is 8.42 Å². The first kappa shape index (κ1) is 14.7. The van der Waals surface area contributed by atoms with Crippen LogP contribution in [0, 0.1) is 0 Å². The van der Waals surface area contributed by atoms with E-state index >= 15 is 0 Å². The molecule has 7 heteroatoms. The molecular formula is C12H22N2O4S. The number of nitrogens with zero attached hydrogens (tertiary/aromatic N) is 1. The predicted octanol–water partition coefficient (Wildman–Crippen LogP) is 0.396. The van der Waals surface area contributed by atoms with E-state index in [1.807, 2.05) is 6.92 Å². The fourth-order valence-corrected chi connectivity index (χ4v) is 4.84. The lowest BCUT2D eigenvalue weighted by Gasteiger charge is -2.36. The van der Waals surface area contributed by atoms with Crippen molar-refractivity contribution in [1.82, 2.24) is 9.62 Å². The monoisotopic (exact) mass is 290 g/mol. The molecule has 0 amide bonds. The van der Waals surface area contributed by atoms with E-state index in [4.69, 9.17) is 5.11 Å². The Bertz CT molecular complexity index is 425. The molecule has 6 nitrogen and oxygen atoms in total. The van der Waals surface area contributed by atoms with Gasteiger partial charge in [0.05, 0.1) is 0 Å². The van der Waals surface area contributed by atoms with Gasteiger partial charge >= 0.3 is 5.97 Å². The molecule has 2 bridgehead atoms. The van der Waals surface area contributed by atoms with Crippen molar-refractivity contribution in [2.45, 2.75) is 57.2 Å². The molecule has 2 saturated heterocycles. The van der Waals surface area contributed by atoms with Crippen LogP contribution >= 0.6 is 0 Å². The molecule has 2 aliphatic rings. The van der Waals surface area contributed by atoms with Crippen LogP contribution in [-0.4, -0.2) is 54.2 Å². The van der Waals surface area contributed by atoms with Crippen molar-refractivity contribution in [3.8, 4) is 0 Å². The average molecular weight is 290 g/mol. The van der Waals surface area contributed by atoms with Crippen LogP contribution in [0.3, 0.4) is 0 Å². The van der Waals surface area contributed by atoms with Crippen molar-refractivity contribution in [3.63, 3.8) is 0 Å². The minimum atomic E-state index is -3.70. The standard InChI is InChI=1S/C12H22N2O4S/c1-2-5-14(19(17,18)8-12(15)16)11-6-9-3-4-10(7-11)13-9/h9-11,13H,2-8H2,1H3,(H,15,16). The quantitative estimate of drug-likeness (QED) is 0.739. The van der Waals surface area contributed by atoms with Crippen molar-refractivity contribution in [2.24, 2.45) is 0 Å². The highest BCUT2D eigenvalue weighted by Gasteiger charge is 2.40. The maximum atomic E-state index is 12.2. The summed E-state index contributed by atoms with van der Waals surface area (Å²) in [5.41, 5.74) is 0. The summed E-state index contributed by atoms with van der Waals surface area (Å²) >= 11 is 0. The molecule has 0 aromatic heterocycles. The number of sulfonamides is 1. The molecule has 2 heterocycles. The number of piperidine rings is 1. The number of carbonyl (C=O) groups is 1. The van der Waals surface area contributed by atoms with Gasteiger partial charge in [0.2, 0.25) is 10.0 Å². The zero-order valence-electron chi connectivity index (χ0n) is 11.2. The maximum absolute atomic E-state index is 12.2. The fourth-order valence-electron chi connectivity index (χ4n) is 3.27. The van der Waals surface area contributed by atoms with Gasteiger partial charge in [-0.15, -0.1) is 0 Å². The number of carboxylic acids is 1. The second kappa shape index (κ2) is 5.76. The molecule has 2 fully saturated rings. The van der Waals surface area contributed by atoms with E-state index in [9.17, 15) is 13.2 Å². The first-order valence-electron chi connectivity index (χ1n) is 6.89. The number of hydrogen-bond donors (Lipinski definition) is 2. The summed E-state index contributed by atoms with van der Waals surface area (Å²) in [6.07, 6.45) is 4.50. The van der Waals surface area contributed by atoms with Gasteiger partial charge in [-0.05, 0) is 32.1 Å². The van der Waals surface area contributed by atoms with E-state index in [1.54, 1.807) is 0 Å². The normalized spacial score (nSPS) is 30.7. The molecule has 0 radical (unpaired) electrons. The van der Waals surface area contributed by atoms with Crippen LogP contribution in [-0.2, 0) is 14.8 Å². The largest absolute Gasteiger partial charge is 0.480 e.